The highest BCUT2D eigenvalue weighted by Crippen LogP contribution is 2.43. The van der Waals surface area contributed by atoms with E-state index in [2.05, 4.69) is 0 Å². The number of esters is 1. The number of methoxy groups -OCH3 is 3. The van der Waals surface area contributed by atoms with Crippen molar-refractivity contribution >= 4 is 22.5 Å². The molecule has 8 heteroatoms. The minimum Gasteiger partial charge on any atom is -0.493 e. The lowest BCUT2D eigenvalue weighted by molar-refractivity contribution is 0.0562. The first-order valence-electron chi connectivity index (χ1n) is 10.1. The Morgan fingerprint density at radius 2 is 1.70 bits per heavy atom. The molecule has 1 aliphatic carbocycles. The van der Waals surface area contributed by atoms with Crippen LogP contribution in [0.1, 0.15) is 32.2 Å². The fourth-order valence-corrected chi connectivity index (χ4v) is 4.36. The number of ketones is 1. The van der Waals surface area contributed by atoms with E-state index in [1.807, 2.05) is 12.1 Å². The van der Waals surface area contributed by atoms with Crippen LogP contribution in [-0.4, -0.2) is 37.6 Å². The first kappa shape index (κ1) is 20.6. The zero-order valence-electron chi connectivity index (χ0n) is 18.1. The summed E-state index contributed by atoms with van der Waals surface area (Å²) < 4.78 is 22.7. The van der Waals surface area contributed by atoms with Crippen molar-refractivity contribution in [3.63, 3.8) is 0 Å². The molecule has 1 aliphatic rings. The minimum absolute atomic E-state index is 0.00389. The van der Waals surface area contributed by atoms with Gasteiger partial charge in [0.15, 0.2) is 17.3 Å². The molecule has 0 saturated heterocycles. The molecular weight excluding hydrogens is 426 g/mol. The summed E-state index contributed by atoms with van der Waals surface area (Å²) >= 11 is 0. The average Bonchev–Trinajstić information content (AvgIpc) is 3.43. The van der Waals surface area contributed by atoms with Crippen LogP contribution < -0.4 is 15.0 Å². The number of hydrogen-bond donors (Lipinski definition) is 0. The van der Waals surface area contributed by atoms with Crippen LogP contribution in [0.5, 0.6) is 11.5 Å². The lowest BCUT2D eigenvalue weighted by Crippen LogP contribution is -2.24. The van der Waals surface area contributed by atoms with Gasteiger partial charge in [-0.3, -0.25) is 14.2 Å². The van der Waals surface area contributed by atoms with Gasteiger partial charge in [0, 0.05) is 16.5 Å². The highest BCUT2D eigenvalue weighted by Gasteiger charge is 2.34. The summed E-state index contributed by atoms with van der Waals surface area (Å²) in [7, 11) is 4.18. The Morgan fingerprint density at radius 1 is 0.939 bits per heavy atom. The quantitative estimate of drug-likeness (QED) is 0.381. The number of carbonyl (C=O) groups excluding carboxylic acids is 2. The first-order chi connectivity index (χ1) is 16.0. The molecule has 8 nitrogen and oxygen atoms in total. The smallest absolute Gasteiger partial charge is 0.373 e. The summed E-state index contributed by atoms with van der Waals surface area (Å²) in [5.41, 5.74) is 1.70. The Bertz CT molecular complexity index is 1510. The molecular formula is C25H19NO7. The molecule has 0 fully saturated rings. The predicted molar refractivity (Wildman–Crippen MR) is 119 cm³/mol. The molecule has 0 amide bonds. The van der Waals surface area contributed by atoms with Gasteiger partial charge in [0.1, 0.15) is 5.76 Å². The van der Waals surface area contributed by atoms with Gasteiger partial charge < -0.3 is 18.6 Å². The Hall–Kier alpha value is -4.33. The van der Waals surface area contributed by atoms with E-state index in [1.54, 1.807) is 30.3 Å². The lowest BCUT2D eigenvalue weighted by Gasteiger charge is -2.17. The molecule has 2 aromatic heterocycles. The monoisotopic (exact) mass is 445 g/mol. The van der Waals surface area contributed by atoms with Crippen molar-refractivity contribution in [2.24, 2.45) is 0 Å². The summed E-state index contributed by atoms with van der Waals surface area (Å²) in [5, 5.41) is 0.719. The summed E-state index contributed by atoms with van der Waals surface area (Å²) in [6, 6.07) is 13.6. The van der Waals surface area contributed by atoms with E-state index in [0.717, 1.165) is 0 Å². The summed E-state index contributed by atoms with van der Waals surface area (Å²) in [5.74, 6) is 0.203. The molecule has 33 heavy (non-hydrogen) atoms. The summed E-state index contributed by atoms with van der Waals surface area (Å²) in [6.45, 7) is -0.00389. The van der Waals surface area contributed by atoms with Crippen LogP contribution in [0.2, 0.25) is 0 Å². The molecule has 2 aromatic carbocycles. The van der Waals surface area contributed by atoms with Gasteiger partial charge >= 0.3 is 5.97 Å². The van der Waals surface area contributed by atoms with E-state index in [4.69, 9.17) is 18.6 Å². The van der Waals surface area contributed by atoms with Crippen molar-refractivity contribution in [2.45, 2.75) is 6.54 Å². The number of ether oxygens (including phenoxy) is 3. The largest absolute Gasteiger partial charge is 0.493 e. The van der Waals surface area contributed by atoms with Crippen molar-refractivity contribution in [3.05, 3.63) is 81.5 Å². The number of benzene rings is 2. The molecule has 0 spiro atoms. The molecule has 166 valence electrons. The van der Waals surface area contributed by atoms with Gasteiger partial charge in [0.05, 0.1) is 44.5 Å². The van der Waals surface area contributed by atoms with Crippen LogP contribution in [0, 0.1) is 0 Å². The Kier molecular flexibility index (Phi) is 4.78. The van der Waals surface area contributed by atoms with Crippen molar-refractivity contribution in [3.8, 4) is 22.8 Å². The van der Waals surface area contributed by atoms with E-state index < -0.39 is 5.97 Å². The second-order valence-electron chi connectivity index (χ2n) is 7.47. The second-order valence-corrected chi connectivity index (χ2v) is 7.47. The number of pyridine rings is 1. The Labute approximate surface area is 187 Å². The standard InChI is InChI=1S/C25H19NO7/c1-30-17-11-9-16-19-21(14-6-4-5-7-15(14)22(19)27)26(24(28)20(16)23(17)31-2)12-13-8-10-18(33-13)25(29)32-3/h4-11H,12H2,1-3H3. The Morgan fingerprint density at radius 3 is 2.39 bits per heavy atom. The first-order valence-corrected chi connectivity index (χ1v) is 10.1. The molecule has 2 heterocycles. The van der Waals surface area contributed by atoms with Gasteiger partial charge in [-0.15, -0.1) is 0 Å². The van der Waals surface area contributed by atoms with Crippen molar-refractivity contribution in [1.29, 1.82) is 0 Å². The summed E-state index contributed by atoms with van der Waals surface area (Å²) in [6.07, 6.45) is 0. The van der Waals surface area contributed by atoms with Crippen LogP contribution in [0.3, 0.4) is 0 Å². The van der Waals surface area contributed by atoms with Crippen LogP contribution in [0.15, 0.2) is 57.7 Å². The predicted octanol–water partition coefficient (Wildman–Crippen LogP) is 3.66. The molecule has 0 aliphatic heterocycles. The number of aromatic nitrogens is 1. The zero-order chi connectivity index (χ0) is 23.3. The summed E-state index contributed by atoms with van der Waals surface area (Å²) in [4.78, 5) is 39.1. The lowest BCUT2D eigenvalue weighted by atomic mass is 10.0. The fraction of sp³-hybridized carbons (Fsp3) is 0.160. The fourth-order valence-electron chi connectivity index (χ4n) is 4.36. The van der Waals surface area contributed by atoms with Crippen LogP contribution in [0.25, 0.3) is 22.0 Å². The second kappa shape index (κ2) is 7.67. The third kappa shape index (κ3) is 2.95. The molecule has 0 radical (unpaired) electrons. The van der Waals surface area contributed by atoms with Gasteiger partial charge in [0.25, 0.3) is 5.56 Å². The van der Waals surface area contributed by atoms with Gasteiger partial charge in [-0.25, -0.2) is 4.79 Å². The number of furan rings is 1. The van der Waals surface area contributed by atoms with Crippen LogP contribution >= 0.6 is 0 Å². The number of carbonyl (C=O) groups is 2. The highest BCUT2D eigenvalue weighted by molar-refractivity contribution is 6.27. The van der Waals surface area contributed by atoms with Gasteiger partial charge in [0.2, 0.25) is 5.76 Å². The number of rotatable bonds is 5. The molecule has 0 bridgehead atoms. The Balaban J connectivity index is 1.84. The van der Waals surface area contributed by atoms with E-state index in [9.17, 15) is 14.4 Å². The van der Waals surface area contributed by atoms with Crippen molar-refractivity contribution in [2.75, 3.05) is 21.3 Å². The van der Waals surface area contributed by atoms with E-state index in [1.165, 1.54) is 32.0 Å². The maximum atomic E-state index is 13.8. The molecule has 0 N–H and O–H groups in total. The van der Waals surface area contributed by atoms with E-state index in [0.29, 0.717) is 39.3 Å². The third-order valence-electron chi connectivity index (χ3n) is 5.80. The third-order valence-corrected chi connectivity index (χ3v) is 5.80. The molecule has 5 rings (SSSR count). The van der Waals surface area contributed by atoms with Crippen LogP contribution in [0.4, 0.5) is 0 Å². The highest BCUT2D eigenvalue weighted by atomic mass is 16.5. The normalized spacial score (nSPS) is 11.9. The minimum atomic E-state index is -0.621. The molecule has 0 saturated carbocycles. The van der Waals surface area contributed by atoms with E-state index in [-0.39, 0.29) is 34.8 Å². The molecule has 0 atom stereocenters. The maximum Gasteiger partial charge on any atom is 0.373 e. The number of nitrogens with zero attached hydrogens (tertiary/aromatic N) is 1. The molecule has 0 unspecified atom stereocenters. The van der Waals surface area contributed by atoms with Gasteiger partial charge in [-0.2, -0.15) is 0 Å². The average molecular weight is 445 g/mol. The SMILES string of the molecule is COC(=O)c1ccc(Cn2c3c(c4ccc(OC)c(OC)c4c2=O)C(=O)c2ccccc2-3)o1. The molecule has 4 aromatic rings. The number of hydrogen-bond acceptors (Lipinski definition) is 7. The maximum absolute atomic E-state index is 13.8. The van der Waals surface area contributed by atoms with E-state index >= 15 is 0 Å². The number of fused-ring (bicyclic) bond motifs is 5. The zero-order valence-corrected chi connectivity index (χ0v) is 18.1. The topological polar surface area (TPSA) is 97.0 Å². The van der Waals surface area contributed by atoms with Gasteiger partial charge in [-0.05, 0) is 24.3 Å². The van der Waals surface area contributed by atoms with Crippen molar-refractivity contribution in [1.82, 2.24) is 4.57 Å². The van der Waals surface area contributed by atoms with Crippen molar-refractivity contribution < 1.29 is 28.2 Å². The van der Waals surface area contributed by atoms with Crippen LogP contribution in [-0.2, 0) is 11.3 Å². The van der Waals surface area contributed by atoms with Gasteiger partial charge in [-0.1, -0.05) is 24.3 Å².